The first-order valence-corrected chi connectivity index (χ1v) is 6.10. The number of nitrogens with one attached hydrogen (secondary N) is 1. The molecule has 1 saturated carbocycles. The third kappa shape index (κ3) is 1.84. The van der Waals surface area contributed by atoms with Crippen LogP contribution in [0.3, 0.4) is 0 Å². The number of rotatable bonds is 3. The fraction of sp³-hybridized carbons (Fsp3) is 0.909. The minimum atomic E-state index is 0.207. The molecule has 1 aliphatic rings. The molecule has 1 N–H and O–H groups in total. The average molecular weight is 223 g/mol. The highest BCUT2D eigenvalue weighted by Crippen LogP contribution is 2.39. The molecule has 90 valence electrons. The zero-order valence-corrected chi connectivity index (χ0v) is 10.5. The Morgan fingerprint density at radius 2 is 2.12 bits per heavy atom. The van der Waals surface area contributed by atoms with E-state index < -0.39 is 0 Å². The SMILES string of the molecule is CNC(C)c1nnnn1C1CCC(C)C1C. The molecule has 0 bridgehead atoms. The molecule has 0 saturated heterocycles. The van der Waals surface area contributed by atoms with Gasteiger partial charge < -0.3 is 5.32 Å². The summed E-state index contributed by atoms with van der Waals surface area (Å²) < 4.78 is 2.02. The standard InChI is InChI=1S/C11H21N5/c1-7-5-6-10(8(7)2)16-11(9(3)12-4)13-14-15-16/h7-10,12H,5-6H2,1-4H3. The molecule has 0 aromatic carbocycles. The molecule has 0 amide bonds. The zero-order valence-electron chi connectivity index (χ0n) is 10.5. The summed E-state index contributed by atoms with van der Waals surface area (Å²) in [6.07, 6.45) is 2.47. The van der Waals surface area contributed by atoms with Gasteiger partial charge in [0.05, 0.1) is 12.1 Å². The van der Waals surface area contributed by atoms with Gasteiger partial charge in [-0.3, -0.25) is 0 Å². The molecule has 2 rings (SSSR count). The summed E-state index contributed by atoms with van der Waals surface area (Å²) in [5.41, 5.74) is 0. The molecule has 0 spiro atoms. The highest BCUT2D eigenvalue weighted by atomic mass is 15.6. The summed E-state index contributed by atoms with van der Waals surface area (Å²) in [6.45, 7) is 6.71. The third-order valence-electron chi connectivity index (χ3n) is 4.07. The van der Waals surface area contributed by atoms with E-state index in [9.17, 15) is 0 Å². The number of hydrogen-bond acceptors (Lipinski definition) is 4. The van der Waals surface area contributed by atoms with Crippen molar-refractivity contribution < 1.29 is 0 Å². The Hall–Kier alpha value is -0.970. The van der Waals surface area contributed by atoms with E-state index in [-0.39, 0.29) is 6.04 Å². The van der Waals surface area contributed by atoms with Gasteiger partial charge in [-0.05, 0) is 49.1 Å². The van der Waals surface area contributed by atoms with E-state index in [1.54, 1.807) is 0 Å². The van der Waals surface area contributed by atoms with Gasteiger partial charge in [0.2, 0.25) is 0 Å². The lowest BCUT2D eigenvalue weighted by atomic mass is 9.98. The second-order valence-corrected chi connectivity index (χ2v) is 4.97. The normalized spacial score (nSPS) is 31.9. The minimum absolute atomic E-state index is 0.207. The second kappa shape index (κ2) is 4.49. The summed E-state index contributed by atoms with van der Waals surface area (Å²) in [7, 11) is 1.93. The lowest BCUT2D eigenvalue weighted by Crippen LogP contribution is -2.23. The van der Waals surface area contributed by atoms with E-state index in [1.807, 2.05) is 11.7 Å². The van der Waals surface area contributed by atoms with Crippen molar-refractivity contribution in [2.75, 3.05) is 7.05 Å². The van der Waals surface area contributed by atoms with Gasteiger partial charge in [-0.25, -0.2) is 4.68 Å². The number of tetrazole rings is 1. The van der Waals surface area contributed by atoms with Crippen molar-refractivity contribution >= 4 is 0 Å². The molecule has 1 fully saturated rings. The molecule has 5 nitrogen and oxygen atoms in total. The average Bonchev–Trinajstić information content (AvgIpc) is 2.86. The van der Waals surface area contributed by atoms with Gasteiger partial charge in [0.15, 0.2) is 5.82 Å². The maximum Gasteiger partial charge on any atom is 0.168 e. The first-order chi connectivity index (χ1) is 7.65. The summed E-state index contributed by atoms with van der Waals surface area (Å²) in [5, 5.41) is 15.3. The number of nitrogens with zero attached hydrogens (tertiary/aromatic N) is 4. The summed E-state index contributed by atoms with van der Waals surface area (Å²) in [4.78, 5) is 0. The van der Waals surface area contributed by atoms with Crippen molar-refractivity contribution in [1.82, 2.24) is 25.5 Å². The van der Waals surface area contributed by atoms with Crippen molar-refractivity contribution in [3.05, 3.63) is 5.82 Å². The lowest BCUT2D eigenvalue weighted by molar-refractivity contribution is 0.312. The highest BCUT2D eigenvalue weighted by molar-refractivity contribution is 4.95. The lowest BCUT2D eigenvalue weighted by Gasteiger charge is -2.20. The molecule has 1 aliphatic carbocycles. The Labute approximate surface area is 96.6 Å². The van der Waals surface area contributed by atoms with Crippen LogP contribution in [0.4, 0.5) is 0 Å². The predicted octanol–water partition coefficient (Wildman–Crippen LogP) is 1.56. The van der Waals surface area contributed by atoms with Crippen LogP contribution in [0.5, 0.6) is 0 Å². The highest BCUT2D eigenvalue weighted by Gasteiger charge is 2.33. The summed E-state index contributed by atoms with van der Waals surface area (Å²) in [6, 6.07) is 0.675. The monoisotopic (exact) mass is 223 g/mol. The molecular formula is C11H21N5. The van der Waals surface area contributed by atoms with Gasteiger partial charge in [0.25, 0.3) is 0 Å². The molecule has 1 heterocycles. The van der Waals surface area contributed by atoms with Crippen LogP contribution >= 0.6 is 0 Å². The van der Waals surface area contributed by atoms with Gasteiger partial charge in [-0.2, -0.15) is 0 Å². The number of aromatic nitrogens is 4. The van der Waals surface area contributed by atoms with E-state index in [1.165, 1.54) is 12.8 Å². The van der Waals surface area contributed by atoms with Crippen molar-refractivity contribution in [1.29, 1.82) is 0 Å². The maximum atomic E-state index is 4.17. The Morgan fingerprint density at radius 1 is 1.38 bits per heavy atom. The van der Waals surface area contributed by atoms with Crippen molar-refractivity contribution in [2.24, 2.45) is 11.8 Å². The summed E-state index contributed by atoms with van der Waals surface area (Å²) >= 11 is 0. The topological polar surface area (TPSA) is 55.6 Å². The van der Waals surface area contributed by atoms with Crippen LogP contribution in [-0.4, -0.2) is 27.3 Å². The van der Waals surface area contributed by atoms with E-state index in [0.29, 0.717) is 12.0 Å². The molecule has 4 unspecified atom stereocenters. The quantitative estimate of drug-likeness (QED) is 0.845. The van der Waals surface area contributed by atoms with Crippen LogP contribution in [0, 0.1) is 11.8 Å². The Kier molecular flexibility index (Phi) is 3.23. The summed E-state index contributed by atoms with van der Waals surface area (Å²) in [5.74, 6) is 2.38. The first kappa shape index (κ1) is 11.5. The number of hydrogen-bond donors (Lipinski definition) is 1. The van der Waals surface area contributed by atoms with Crippen LogP contribution < -0.4 is 5.32 Å². The van der Waals surface area contributed by atoms with Crippen molar-refractivity contribution in [2.45, 2.75) is 45.7 Å². The Balaban J connectivity index is 2.24. The molecular weight excluding hydrogens is 202 g/mol. The fourth-order valence-corrected chi connectivity index (χ4v) is 2.53. The fourth-order valence-electron chi connectivity index (χ4n) is 2.53. The maximum absolute atomic E-state index is 4.17. The molecule has 0 radical (unpaired) electrons. The first-order valence-electron chi connectivity index (χ1n) is 6.10. The molecule has 4 atom stereocenters. The van der Waals surface area contributed by atoms with Crippen LogP contribution in [-0.2, 0) is 0 Å². The predicted molar refractivity (Wildman–Crippen MR) is 61.9 cm³/mol. The van der Waals surface area contributed by atoms with Crippen molar-refractivity contribution in [3.8, 4) is 0 Å². The molecule has 5 heteroatoms. The van der Waals surface area contributed by atoms with Gasteiger partial charge in [-0.1, -0.05) is 13.8 Å². The largest absolute Gasteiger partial charge is 0.311 e. The second-order valence-electron chi connectivity index (χ2n) is 4.97. The van der Waals surface area contributed by atoms with Crippen LogP contribution in [0.25, 0.3) is 0 Å². The smallest absolute Gasteiger partial charge is 0.168 e. The van der Waals surface area contributed by atoms with Gasteiger partial charge in [-0.15, -0.1) is 5.10 Å². The Morgan fingerprint density at radius 3 is 2.69 bits per heavy atom. The Bertz CT molecular complexity index is 348. The molecule has 1 aromatic rings. The van der Waals surface area contributed by atoms with E-state index in [2.05, 4.69) is 41.6 Å². The van der Waals surface area contributed by atoms with Gasteiger partial charge >= 0.3 is 0 Å². The van der Waals surface area contributed by atoms with E-state index in [4.69, 9.17) is 0 Å². The molecule has 0 aliphatic heterocycles. The zero-order chi connectivity index (χ0) is 11.7. The minimum Gasteiger partial charge on any atom is -0.311 e. The van der Waals surface area contributed by atoms with Crippen molar-refractivity contribution in [3.63, 3.8) is 0 Å². The van der Waals surface area contributed by atoms with E-state index in [0.717, 1.165) is 11.7 Å². The van der Waals surface area contributed by atoms with Gasteiger partial charge in [0, 0.05) is 0 Å². The van der Waals surface area contributed by atoms with Crippen LogP contribution in [0.15, 0.2) is 0 Å². The molecule has 1 aromatic heterocycles. The van der Waals surface area contributed by atoms with Gasteiger partial charge in [0.1, 0.15) is 0 Å². The third-order valence-corrected chi connectivity index (χ3v) is 4.07. The molecule has 16 heavy (non-hydrogen) atoms. The van der Waals surface area contributed by atoms with Crippen LogP contribution in [0.1, 0.15) is 51.5 Å². The van der Waals surface area contributed by atoms with Crippen LogP contribution in [0.2, 0.25) is 0 Å². The van der Waals surface area contributed by atoms with E-state index >= 15 is 0 Å².